The maximum Gasteiger partial charge on any atom is 0.303 e. The van der Waals surface area contributed by atoms with Gasteiger partial charge in [-0.1, -0.05) is 13.8 Å². The van der Waals surface area contributed by atoms with Crippen LogP contribution in [-0.4, -0.2) is 29.4 Å². The number of rotatable bonds is 7. The molecule has 0 bridgehead atoms. The van der Waals surface area contributed by atoms with Crippen molar-refractivity contribution in [2.45, 2.75) is 26.7 Å². The van der Waals surface area contributed by atoms with E-state index in [0.717, 1.165) is 0 Å². The van der Waals surface area contributed by atoms with E-state index in [1.54, 1.807) is 38.1 Å². The molecule has 6 heteroatoms. The number of carboxylic acid groups (broad SMARTS) is 1. The van der Waals surface area contributed by atoms with Crippen molar-refractivity contribution in [1.82, 2.24) is 5.32 Å². The van der Waals surface area contributed by atoms with E-state index >= 15 is 0 Å². The summed E-state index contributed by atoms with van der Waals surface area (Å²) in [7, 11) is 0. The second-order valence-electron chi connectivity index (χ2n) is 4.97. The van der Waals surface area contributed by atoms with Crippen LogP contribution < -0.4 is 10.6 Å². The van der Waals surface area contributed by atoms with E-state index in [9.17, 15) is 14.4 Å². The van der Waals surface area contributed by atoms with Gasteiger partial charge in [0.05, 0.1) is 0 Å². The fourth-order valence-electron chi connectivity index (χ4n) is 1.54. The molecule has 0 heterocycles. The molecule has 2 amide bonds. The number of aliphatic carboxylic acids is 1. The van der Waals surface area contributed by atoms with E-state index in [2.05, 4.69) is 10.6 Å². The Hall–Kier alpha value is -2.37. The van der Waals surface area contributed by atoms with Gasteiger partial charge in [0.15, 0.2) is 0 Å². The number of hydrogen-bond acceptors (Lipinski definition) is 3. The quantitative estimate of drug-likeness (QED) is 0.669. The van der Waals surface area contributed by atoms with Gasteiger partial charge in [0.1, 0.15) is 0 Å². The van der Waals surface area contributed by atoms with Crippen LogP contribution in [0.5, 0.6) is 0 Å². The number of hydrogen-bond donors (Lipinski definition) is 3. The zero-order chi connectivity index (χ0) is 15.8. The molecule has 0 saturated carbocycles. The zero-order valence-electron chi connectivity index (χ0n) is 12.2. The van der Waals surface area contributed by atoms with Crippen LogP contribution in [0.25, 0.3) is 0 Å². The Kier molecular flexibility index (Phi) is 6.39. The van der Waals surface area contributed by atoms with Crippen molar-refractivity contribution in [2.24, 2.45) is 5.92 Å². The fourth-order valence-corrected chi connectivity index (χ4v) is 1.54. The first-order valence-electron chi connectivity index (χ1n) is 6.81. The number of anilines is 1. The molecule has 114 valence electrons. The first-order chi connectivity index (χ1) is 9.90. The van der Waals surface area contributed by atoms with Crippen molar-refractivity contribution in [3.05, 3.63) is 29.8 Å². The molecule has 0 aliphatic heterocycles. The van der Waals surface area contributed by atoms with Crippen LogP contribution in [0.2, 0.25) is 0 Å². The minimum Gasteiger partial charge on any atom is -0.481 e. The number of nitrogens with one attached hydrogen (secondary N) is 2. The second-order valence-corrected chi connectivity index (χ2v) is 4.97. The van der Waals surface area contributed by atoms with Gasteiger partial charge in [-0.3, -0.25) is 14.4 Å². The van der Waals surface area contributed by atoms with E-state index in [1.807, 2.05) is 0 Å². The van der Waals surface area contributed by atoms with E-state index in [-0.39, 0.29) is 24.2 Å². The summed E-state index contributed by atoms with van der Waals surface area (Å²) in [6.07, 6.45) is 0.421. The largest absolute Gasteiger partial charge is 0.481 e. The summed E-state index contributed by atoms with van der Waals surface area (Å²) < 4.78 is 0. The van der Waals surface area contributed by atoms with Gasteiger partial charge in [-0.05, 0) is 30.7 Å². The van der Waals surface area contributed by atoms with Crippen molar-refractivity contribution in [1.29, 1.82) is 0 Å². The highest BCUT2D eigenvalue weighted by Crippen LogP contribution is 2.11. The molecule has 21 heavy (non-hydrogen) atoms. The summed E-state index contributed by atoms with van der Waals surface area (Å²) in [5, 5.41) is 13.9. The van der Waals surface area contributed by atoms with Gasteiger partial charge in [-0.25, -0.2) is 0 Å². The minimum absolute atomic E-state index is 0.0282. The Labute approximate surface area is 123 Å². The van der Waals surface area contributed by atoms with E-state index < -0.39 is 5.97 Å². The molecule has 0 aromatic heterocycles. The SMILES string of the molecule is CC(C)C(=O)Nc1ccc(C(=O)NCCCC(=O)O)cc1. The average Bonchev–Trinajstić information content (AvgIpc) is 2.43. The maximum absolute atomic E-state index is 11.8. The van der Waals surface area contributed by atoms with Gasteiger partial charge in [-0.15, -0.1) is 0 Å². The molecule has 1 aromatic rings. The van der Waals surface area contributed by atoms with Gasteiger partial charge in [0.2, 0.25) is 5.91 Å². The molecular formula is C15H20N2O4. The minimum atomic E-state index is -0.880. The molecule has 6 nitrogen and oxygen atoms in total. The molecule has 1 aromatic carbocycles. The summed E-state index contributed by atoms with van der Waals surface area (Å²) in [4.78, 5) is 33.6. The van der Waals surface area contributed by atoms with Gasteiger partial charge in [0, 0.05) is 30.1 Å². The second kappa shape index (κ2) is 8.04. The highest BCUT2D eigenvalue weighted by molar-refractivity contribution is 5.96. The lowest BCUT2D eigenvalue weighted by atomic mass is 10.1. The summed E-state index contributed by atoms with van der Waals surface area (Å²) in [5.41, 5.74) is 1.10. The first-order valence-corrected chi connectivity index (χ1v) is 6.81. The Morgan fingerprint density at radius 1 is 1.14 bits per heavy atom. The van der Waals surface area contributed by atoms with Crippen LogP contribution in [0.15, 0.2) is 24.3 Å². The molecule has 0 aliphatic rings. The van der Waals surface area contributed by atoms with Crippen LogP contribution >= 0.6 is 0 Å². The number of amides is 2. The summed E-state index contributed by atoms with van der Waals surface area (Å²) in [6, 6.07) is 6.55. The topological polar surface area (TPSA) is 95.5 Å². The van der Waals surface area contributed by atoms with Gasteiger partial charge in [-0.2, -0.15) is 0 Å². The standard InChI is InChI=1S/C15H20N2O4/c1-10(2)14(20)17-12-7-5-11(6-8-12)15(21)16-9-3-4-13(18)19/h5-8,10H,3-4,9H2,1-2H3,(H,16,21)(H,17,20)(H,18,19). The third kappa shape index (κ3) is 6.07. The van der Waals surface area contributed by atoms with Crippen LogP contribution in [0.1, 0.15) is 37.0 Å². The molecule has 1 rings (SSSR count). The van der Waals surface area contributed by atoms with Crippen LogP contribution in [-0.2, 0) is 9.59 Å². The summed E-state index contributed by atoms with van der Waals surface area (Å²) in [5.74, 6) is -1.33. The van der Waals surface area contributed by atoms with Crippen molar-refractivity contribution < 1.29 is 19.5 Å². The third-order valence-electron chi connectivity index (χ3n) is 2.79. The average molecular weight is 292 g/mol. The predicted octanol–water partition coefficient (Wildman–Crippen LogP) is 1.88. The normalized spacial score (nSPS) is 10.2. The Morgan fingerprint density at radius 3 is 2.29 bits per heavy atom. The Bertz CT molecular complexity index is 509. The molecule has 0 fully saturated rings. The summed E-state index contributed by atoms with van der Waals surface area (Å²) >= 11 is 0. The monoisotopic (exact) mass is 292 g/mol. The van der Waals surface area contributed by atoms with E-state index in [4.69, 9.17) is 5.11 Å². The molecule has 0 saturated heterocycles. The summed E-state index contributed by atoms with van der Waals surface area (Å²) in [6.45, 7) is 3.92. The number of carbonyl (C=O) groups excluding carboxylic acids is 2. The Balaban J connectivity index is 2.47. The van der Waals surface area contributed by atoms with Crippen molar-refractivity contribution in [2.75, 3.05) is 11.9 Å². The molecule has 0 spiro atoms. The third-order valence-corrected chi connectivity index (χ3v) is 2.79. The lowest BCUT2D eigenvalue weighted by Crippen LogP contribution is -2.25. The van der Waals surface area contributed by atoms with Crippen LogP contribution in [0.3, 0.4) is 0 Å². The first kappa shape index (κ1) is 16.7. The molecule has 0 atom stereocenters. The van der Waals surface area contributed by atoms with Gasteiger partial charge < -0.3 is 15.7 Å². The highest BCUT2D eigenvalue weighted by Gasteiger charge is 2.08. The van der Waals surface area contributed by atoms with Gasteiger partial charge in [0.25, 0.3) is 5.91 Å². The molecular weight excluding hydrogens is 272 g/mol. The highest BCUT2D eigenvalue weighted by atomic mass is 16.4. The Morgan fingerprint density at radius 2 is 1.76 bits per heavy atom. The van der Waals surface area contributed by atoms with E-state index in [1.165, 1.54) is 0 Å². The maximum atomic E-state index is 11.8. The lowest BCUT2D eigenvalue weighted by Gasteiger charge is -2.08. The predicted molar refractivity (Wildman–Crippen MR) is 79.1 cm³/mol. The lowest BCUT2D eigenvalue weighted by molar-refractivity contribution is -0.137. The van der Waals surface area contributed by atoms with E-state index in [0.29, 0.717) is 24.2 Å². The molecule has 3 N–H and O–H groups in total. The number of carbonyl (C=O) groups is 3. The van der Waals surface area contributed by atoms with Crippen molar-refractivity contribution in [3.8, 4) is 0 Å². The number of benzene rings is 1. The van der Waals surface area contributed by atoms with Crippen LogP contribution in [0, 0.1) is 5.92 Å². The molecule has 0 radical (unpaired) electrons. The zero-order valence-corrected chi connectivity index (χ0v) is 12.2. The van der Waals surface area contributed by atoms with Crippen molar-refractivity contribution >= 4 is 23.5 Å². The van der Waals surface area contributed by atoms with Crippen LogP contribution in [0.4, 0.5) is 5.69 Å². The number of carboxylic acids is 1. The smallest absolute Gasteiger partial charge is 0.303 e. The molecule has 0 unspecified atom stereocenters. The van der Waals surface area contributed by atoms with Crippen molar-refractivity contribution in [3.63, 3.8) is 0 Å². The molecule has 0 aliphatic carbocycles. The fraction of sp³-hybridized carbons (Fsp3) is 0.400. The van der Waals surface area contributed by atoms with Gasteiger partial charge >= 0.3 is 5.97 Å².